The molecule has 0 N–H and O–H groups in total. The van der Waals surface area contributed by atoms with E-state index in [0.717, 1.165) is 17.9 Å². The largest absolute Gasteiger partial charge is 0.482 e. The third-order valence-corrected chi connectivity index (χ3v) is 2.52. The number of rotatable bonds is 1. The Morgan fingerprint density at radius 3 is 3.00 bits per heavy atom. The van der Waals surface area contributed by atoms with E-state index in [-0.39, 0.29) is 12.5 Å². The highest BCUT2D eigenvalue weighted by Gasteiger charge is 2.21. The van der Waals surface area contributed by atoms with E-state index in [2.05, 4.69) is 6.92 Å². The number of ether oxygens (including phenoxy) is 1. The summed E-state index contributed by atoms with van der Waals surface area (Å²) in [5.74, 6) is 0.801. The zero-order chi connectivity index (χ0) is 10.1. The molecule has 2 rings (SSSR count). The van der Waals surface area contributed by atoms with E-state index in [9.17, 15) is 4.79 Å². The average molecular weight is 191 g/mol. The lowest BCUT2D eigenvalue weighted by Gasteiger charge is -2.26. The van der Waals surface area contributed by atoms with E-state index >= 15 is 0 Å². The van der Waals surface area contributed by atoms with Crippen LogP contribution in [0.25, 0.3) is 0 Å². The van der Waals surface area contributed by atoms with Gasteiger partial charge < -0.3 is 9.64 Å². The van der Waals surface area contributed by atoms with Crippen LogP contribution in [0.2, 0.25) is 0 Å². The Kier molecular flexibility index (Phi) is 2.15. The smallest absolute Gasteiger partial charge is 0.264 e. The molecule has 0 saturated heterocycles. The molecule has 1 aromatic rings. The van der Waals surface area contributed by atoms with Crippen molar-refractivity contribution < 1.29 is 9.53 Å². The molecule has 0 unspecified atom stereocenters. The van der Waals surface area contributed by atoms with Gasteiger partial charge in [-0.2, -0.15) is 0 Å². The Labute approximate surface area is 83.3 Å². The molecule has 0 saturated carbocycles. The highest BCUT2D eigenvalue weighted by Crippen LogP contribution is 2.31. The highest BCUT2D eigenvalue weighted by molar-refractivity contribution is 5.97. The van der Waals surface area contributed by atoms with Crippen LogP contribution < -0.4 is 9.64 Å². The first-order valence-electron chi connectivity index (χ1n) is 4.74. The van der Waals surface area contributed by atoms with Crippen LogP contribution in [-0.2, 0) is 11.2 Å². The van der Waals surface area contributed by atoms with E-state index in [1.807, 2.05) is 18.2 Å². The van der Waals surface area contributed by atoms with Gasteiger partial charge in [-0.25, -0.2) is 0 Å². The zero-order valence-electron chi connectivity index (χ0n) is 8.41. The summed E-state index contributed by atoms with van der Waals surface area (Å²) in [6.07, 6.45) is 0.968. The third-order valence-electron chi connectivity index (χ3n) is 2.52. The minimum absolute atomic E-state index is 0.00533. The fourth-order valence-electron chi connectivity index (χ4n) is 1.54. The molecule has 1 aromatic carbocycles. The number of nitrogens with zero attached hydrogens (tertiary/aromatic N) is 1. The van der Waals surface area contributed by atoms with Crippen LogP contribution >= 0.6 is 0 Å². The van der Waals surface area contributed by atoms with E-state index in [4.69, 9.17) is 4.74 Å². The molecule has 0 fully saturated rings. The molecule has 0 aliphatic carbocycles. The standard InChI is InChI=1S/C11H13NO2/c1-3-8-4-5-10-9(6-8)12(2)11(13)7-14-10/h4-6H,3,7H2,1-2H3. The predicted molar refractivity (Wildman–Crippen MR) is 54.7 cm³/mol. The van der Waals surface area contributed by atoms with Crippen molar-refractivity contribution in [2.75, 3.05) is 18.6 Å². The zero-order valence-corrected chi connectivity index (χ0v) is 8.41. The first-order chi connectivity index (χ1) is 6.72. The van der Waals surface area contributed by atoms with E-state index in [0.29, 0.717) is 0 Å². The fraction of sp³-hybridized carbons (Fsp3) is 0.364. The van der Waals surface area contributed by atoms with Crippen LogP contribution in [0.15, 0.2) is 18.2 Å². The summed E-state index contributed by atoms with van der Waals surface area (Å²) in [5, 5.41) is 0. The Balaban J connectivity index is 2.46. The number of aryl methyl sites for hydroxylation is 1. The second-order valence-electron chi connectivity index (χ2n) is 3.40. The van der Waals surface area contributed by atoms with Crippen LogP contribution in [0.4, 0.5) is 5.69 Å². The van der Waals surface area contributed by atoms with Gasteiger partial charge in [0.05, 0.1) is 5.69 Å². The van der Waals surface area contributed by atoms with E-state index in [1.165, 1.54) is 5.56 Å². The Morgan fingerprint density at radius 1 is 1.50 bits per heavy atom. The van der Waals surface area contributed by atoms with Crippen molar-refractivity contribution in [2.45, 2.75) is 13.3 Å². The molecule has 0 atom stereocenters. The minimum Gasteiger partial charge on any atom is -0.482 e. The fourth-order valence-corrected chi connectivity index (χ4v) is 1.54. The number of carbonyl (C=O) groups is 1. The number of hydrogen-bond donors (Lipinski definition) is 0. The van der Waals surface area contributed by atoms with Crippen molar-refractivity contribution in [1.29, 1.82) is 0 Å². The normalized spacial score (nSPS) is 15.0. The molecular weight excluding hydrogens is 178 g/mol. The number of anilines is 1. The molecule has 0 radical (unpaired) electrons. The summed E-state index contributed by atoms with van der Waals surface area (Å²) >= 11 is 0. The molecule has 3 nitrogen and oxygen atoms in total. The Bertz CT molecular complexity index is 374. The second-order valence-corrected chi connectivity index (χ2v) is 3.40. The molecular formula is C11H13NO2. The topological polar surface area (TPSA) is 29.5 Å². The highest BCUT2D eigenvalue weighted by atomic mass is 16.5. The number of benzene rings is 1. The summed E-state index contributed by atoms with van der Waals surface area (Å²) in [7, 11) is 1.78. The number of likely N-dealkylation sites (N-methyl/N-ethyl adjacent to an activating group) is 1. The SMILES string of the molecule is CCc1ccc2c(c1)N(C)C(=O)CO2. The van der Waals surface area contributed by atoms with Crippen molar-refractivity contribution in [3.63, 3.8) is 0 Å². The molecule has 1 amide bonds. The molecule has 1 aliphatic rings. The van der Waals surface area contributed by atoms with Crippen molar-refractivity contribution in [2.24, 2.45) is 0 Å². The molecule has 0 bridgehead atoms. The van der Waals surface area contributed by atoms with Gasteiger partial charge in [-0.1, -0.05) is 13.0 Å². The summed E-state index contributed by atoms with van der Waals surface area (Å²) in [4.78, 5) is 13.0. The van der Waals surface area contributed by atoms with Crippen LogP contribution in [0.3, 0.4) is 0 Å². The van der Waals surface area contributed by atoms with Gasteiger partial charge in [-0.05, 0) is 24.1 Å². The number of fused-ring (bicyclic) bond motifs is 1. The van der Waals surface area contributed by atoms with Gasteiger partial charge in [0, 0.05) is 7.05 Å². The lowest BCUT2D eigenvalue weighted by atomic mass is 10.1. The Hall–Kier alpha value is -1.51. The van der Waals surface area contributed by atoms with Crippen LogP contribution in [0.1, 0.15) is 12.5 Å². The average Bonchev–Trinajstić information content (AvgIpc) is 2.23. The first kappa shape index (κ1) is 9.06. The van der Waals surface area contributed by atoms with Gasteiger partial charge >= 0.3 is 0 Å². The monoisotopic (exact) mass is 191 g/mol. The van der Waals surface area contributed by atoms with Crippen molar-refractivity contribution in [3.05, 3.63) is 23.8 Å². The van der Waals surface area contributed by atoms with Crippen LogP contribution in [0.5, 0.6) is 5.75 Å². The molecule has 14 heavy (non-hydrogen) atoms. The van der Waals surface area contributed by atoms with Crippen molar-refractivity contribution in [3.8, 4) is 5.75 Å². The van der Waals surface area contributed by atoms with Crippen molar-refractivity contribution >= 4 is 11.6 Å². The van der Waals surface area contributed by atoms with Crippen molar-refractivity contribution in [1.82, 2.24) is 0 Å². The molecule has 0 spiro atoms. The van der Waals surface area contributed by atoms with Gasteiger partial charge in [-0.15, -0.1) is 0 Å². The number of carbonyl (C=O) groups excluding carboxylic acids is 1. The summed E-state index contributed by atoms with van der Waals surface area (Å²) in [6, 6.07) is 5.96. The van der Waals surface area contributed by atoms with Crippen LogP contribution in [0, 0.1) is 0 Å². The second kappa shape index (κ2) is 3.33. The summed E-state index contributed by atoms with van der Waals surface area (Å²) in [6.45, 7) is 2.24. The van der Waals surface area contributed by atoms with Gasteiger partial charge in [0.25, 0.3) is 5.91 Å². The number of amides is 1. The van der Waals surface area contributed by atoms with Gasteiger partial charge in [0.1, 0.15) is 5.75 Å². The van der Waals surface area contributed by atoms with Gasteiger partial charge in [0.15, 0.2) is 6.61 Å². The third kappa shape index (κ3) is 1.35. The maximum absolute atomic E-state index is 11.4. The lowest BCUT2D eigenvalue weighted by Crippen LogP contribution is -2.35. The molecule has 3 heteroatoms. The quantitative estimate of drug-likeness (QED) is 0.674. The summed E-state index contributed by atoms with van der Waals surface area (Å²) in [5.41, 5.74) is 2.09. The maximum Gasteiger partial charge on any atom is 0.264 e. The maximum atomic E-state index is 11.4. The van der Waals surface area contributed by atoms with E-state index < -0.39 is 0 Å². The predicted octanol–water partition coefficient (Wildman–Crippen LogP) is 1.60. The summed E-state index contributed by atoms with van der Waals surface area (Å²) < 4.78 is 5.31. The lowest BCUT2D eigenvalue weighted by molar-refractivity contribution is -0.120. The molecule has 74 valence electrons. The van der Waals surface area contributed by atoms with Gasteiger partial charge in [-0.3, -0.25) is 4.79 Å². The van der Waals surface area contributed by atoms with Gasteiger partial charge in [0.2, 0.25) is 0 Å². The first-order valence-corrected chi connectivity index (χ1v) is 4.74. The molecule has 1 heterocycles. The van der Waals surface area contributed by atoms with E-state index in [1.54, 1.807) is 11.9 Å². The van der Waals surface area contributed by atoms with Crippen LogP contribution in [-0.4, -0.2) is 19.6 Å². The minimum atomic E-state index is 0.00533. The Morgan fingerprint density at radius 2 is 2.29 bits per heavy atom. The molecule has 0 aromatic heterocycles. The molecule has 1 aliphatic heterocycles. The number of hydrogen-bond acceptors (Lipinski definition) is 2.